The maximum absolute atomic E-state index is 12.5. The van der Waals surface area contributed by atoms with Crippen molar-refractivity contribution in [1.82, 2.24) is 19.3 Å². The van der Waals surface area contributed by atoms with Crippen molar-refractivity contribution in [2.75, 3.05) is 5.32 Å². The molecule has 1 aromatic carbocycles. The Kier molecular flexibility index (Phi) is 4.55. The number of aromatic nitrogens is 4. The molecule has 0 aliphatic carbocycles. The van der Waals surface area contributed by atoms with E-state index < -0.39 is 17.8 Å². The Bertz CT molecular complexity index is 855. The van der Waals surface area contributed by atoms with E-state index in [-0.39, 0.29) is 6.54 Å². The Hall–Kier alpha value is -3.10. The molecule has 9 heteroatoms. The predicted molar refractivity (Wildman–Crippen MR) is 83.6 cm³/mol. The van der Waals surface area contributed by atoms with E-state index in [1.807, 2.05) is 16.8 Å². The average molecular weight is 349 g/mol. The Morgan fingerprint density at radius 1 is 1.20 bits per heavy atom. The number of rotatable bonds is 5. The molecule has 0 radical (unpaired) electrons. The fourth-order valence-electron chi connectivity index (χ4n) is 2.29. The van der Waals surface area contributed by atoms with Crippen molar-refractivity contribution in [3.63, 3.8) is 0 Å². The number of alkyl halides is 3. The van der Waals surface area contributed by atoms with E-state index in [2.05, 4.69) is 15.4 Å². The van der Waals surface area contributed by atoms with E-state index in [0.29, 0.717) is 12.2 Å². The number of carbonyl (C=O) groups is 1. The van der Waals surface area contributed by atoms with Gasteiger partial charge in [0.2, 0.25) is 5.91 Å². The number of hydrogen-bond donors (Lipinski definition) is 1. The third kappa shape index (κ3) is 4.46. The molecule has 1 amide bonds. The van der Waals surface area contributed by atoms with Gasteiger partial charge >= 0.3 is 6.18 Å². The van der Waals surface area contributed by atoms with E-state index in [1.54, 1.807) is 30.7 Å². The number of anilines is 1. The van der Waals surface area contributed by atoms with Gasteiger partial charge < -0.3 is 9.88 Å². The molecule has 0 unspecified atom stereocenters. The van der Waals surface area contributed by atoms with Crippen molar-refractivity contribution in [3.05, 3.63) is 66.5 Å². The normalized spacial score (nSPS) is 11.5. The Balaban J connectivity index is 1.62. The Labute approximate surface area is 140 Å². The van der Waals surface area contributed by atoms with Crippen molar-refractivity contribution in [1.29, 1.82) is 0 Å². The summed E-state index contributed by atoms with van der Waals surface area (Å²) in [5.74, 6) is -0.461. The molecule has 0 bridgehead atoms. The van der Waals surface area contributed by atoms with Gasteiger partial charge in [-0.25, -0.2) is 4.98 Å². The first-order chi connectivity index (χ1) is 11.9. The molecule has 1 N–H and O–H groups in total. The summed E-state index contributed by atoms with van der Waals surface area (Å²) in [5, 5.41) is 6.00. The zero-order chi connectivity index (χ0) is 17.9. The van der Waals surface area contributed by atoms with Gasteiger partial charge in [-0.3, -0.25) is 9.48 Å². The number of halogens is 3. The lowest BCUT2D eigenvalue weighted by Gasteiger charge is -2.08. The van der Waals surface area contributed by atoms with Gasteiger partial charge in [0, 0.05) is 30.8 Å². The van der Waals surface area contributed by atoms with Crippen LogP contribution in [0.15, 0.2) is 55.2 Å². The predicted octanol–water partition coefficient (Wildman–Crippen LogP) is 2.79. The van der Waals surface area contributed by atoms with Gasteiger partial charge in [-0.2, -0.15) is 18.3 Å². The molecular formula is C16H14F3N5O. The first-order valence-corrected chi connectivity index (χ1v) is 7.35. The molecular weight excluding hydrogens is 335 g/mol. The summed E-state index contributed by atoms with van der Waals surface area (Å²) >= 11 is 0. The second-order valence-electron chi connectivity index (χ2n) is 5.38. The molecule has 25 heavy (non-hydrogen) atoms. The van der Waals surface area contributed by atoms with Crippen LogP contribution < -0.4 is 5.32 Å². The molecule has 0 spiro atoms. The monoisotopic (exact) mass is 349 g/mol. The molecule has 0 saturated carbocycles. The van der Waals surface area contributed by atoms with Gasteiger partial charge in [0.05, 0.1) is 6.33 Å². The maximum atomic E-state index is 12.5. The fraction of sp³-hybridized carbons (Fsp3) is 0.188. The molecule has 130 valence electrons. The number of amides is 1. The summed E-state index contributed by atoms with van der Waals surface area (Å²) in [4.78, 5) is 16.0. The second-order valence-corrected chi connectivity index (χ2v) is 5.38. The fourth-order valence-corrected chi connectivity index (χ4v) is 2.29. The average Bonchev–Trinajstić information content (AvgIpc) is 3.18. The highest BCUT2D eigenvalue weighted by Crippen LogP contribution is 2.27. The SMILES string of the molecule is O=C(Cn1ccc(C(F)(F)F)n1)Nc1cccc(Cn2ccnc2)c1. The third-order valence-corrected chi connectivity index (χ3v) is 3.37. The Morgan fingerprint density at radius 2 is 2.04 bits per heavy atom. The van der Waals surface area contributed by atoms with Crippen LogP contribution in [0.3, 0.4) is 0 Å². The largest absolute Gasteiger partial charge is 0.435 e. The van der Waals surface area contributed by atoms with Gasteiger partial charge in [0.15, 0.2) is 5.69 Å². The standard InChI is InChI=1S/C16H14F3N5O/c17-16(18,19)14-4-6-24(22-14)10-15(25)21-13-3-1-2-12(8-13)9-23-7-5-20-11-23/h1-8,11H,9-10H2,(H,21,25). The van der Waals surface area contributed by atoms with Crippen molar-refractivity contribution < 1.29 is 18.0 Å². The molecule has 2 aromatic heterocycles. The molecule has 6 nitrogen and oxygen atoms in total. The highest BCUT2D eigenvalue weighted by atomic mass is 19.4. The summed E-state index contributed by atoms with van der Waals surface area (Å²) in [5.41, 5.74) is 0.489. The minimum absolute atomic E-state index is 0.304. The lowest BCUT2D eigenvalue weighted by Crippen LogP contribution is -2.19. The molecule has 0 aliphatic heterocycles. The van der Waals surface area contributed by atoms with Gasteiger partial charge in [-0.1, -0.05) is 12.1 Å². The van der Waals surface area contributed by atoms with Crippen LogP contribution >= 0.6 is 0 Å². The first kappa shape index (κ1) is 16.7. The van der Waals surface area contributed by atoms with Crippen molar-refractivity contribution in [2.24, 2.45) is 0 Å². The highest BCUT2D eigenvalue weighted by Gasteiger charge is 2.33. The second kappa shape index (κ2) is 6.80. The quantitative estimate of drug-likeness (QED) is 0.770. The van der Waals surface area contributed by atoms with Crippen molar-refractivity contribution in [2.45, 2.75) is 19.3 Å². The van der Waals surface area contributed by atoms with Crippen LogP contribution in [-0.4, -0.2) is 25.2 Å². The van der Waals surface area contributed by atoms with Gasteiger partial charge in [0.25, 0.3) is 0 Å². The van der Waals surface area contributed by atoms with Crippen LogP contribution in [0.1, 0.15) is 11.3 Å². The topological polar surface area (TPSA) is 64.7 Å². The third-order valence-electron chi connectivity index (χ3n) is 3.37. The molecule has 2 heterocycles. The van der Waals surface area contributed by atoms with E-state index in [1.165, 1.54) is 0 Å². The number of imidazole rings is 1. The molecule has 0 aliphatic rings. The molecule has 0 fully saturated rings. The zero-order valence-electron chi connectivity index (χ0n) is 12.9. The van der Waals surface area contributed by atoms with Crippen molar-refractivity contribution >= 4 is 11.6 Å². The van der Waals surface area contributed by atoms with E-state index in [9.17, 15) is 18.0 Å². The number of carbonyl (C=O) groups excluding carboxylic acids is 1. The number of hydrogen-bond acceptors (Lipinski definition) is 3. The van der Waals surface area contributed by atoms with Gasteiger partial charge in [-0.05, 0) is 23.8 Å². The molecule has 0 saturated heterocycles. The highest BCUT2D eigenvalue weighted by molar-refractivity contribution is 5.90. The lowest BCUT2D eigenvalue weighted by molar-refractivity contribution is -0.141. The van der Waals surface area contributed by atoms with Crippen LogP contribution in [0.25, 0.3) is 0 Å². The van der Waals surface area contributed by atoms with E-state index in [0.717, 1.165) is 22.5 Å². The van der Waals surface area contributed by atoms with Crippen LogP contribution in [0, 0.1) is 0 Å². The summed E-state index contributed by atoms with van der Waals surface area (Å²) in [7, 11) is 0. The molecule has 3 aromatic rings. The number of nitrogens with zero attached hydrogens (tertiary/aromatic N) is 4. The van der Waals surface area contributed by atoms with Crippen molar-refractivity contribution in [3.8, 4) is 0 Å². The zero-order valence-corrected chi connectivity index (χ0v) is 12.9. The van der Waals surface area contributed by atoms with Gasteiger partial charge in [-0.15, -0.1) is 0 Å². The smallest absolute Gasteiger partial charge is 0.333 e. The van der Waals surface area contributed by atoms with Crippen LogP contribution in [0.2, 0.25) is 0 Å². The van der Waals surface area contributed by atoms with E-state index in [4.69, 9.17) is 0 Å². The Morgan fingerprint density at radius 3 is 2.72 bits per heavy atom. The summed E-state index contributed by atoms with van der Waals surface area (Å²) in [6.45, 7) is 0.291. The first-order valence-electron chi connectivity index (χ1n) is 7.35. The number of nitrogens with one attached hydrogen (secondary N) is 1. The van der Waals surface area contributed by atoms with Crippen LogP contribution in [0.5, 0.6) is 0 Å². The van der Waals surface area contributed by atoms with Gasteiger partial charge in [0.1, 0.15) is 6.54 Å². The summed E-state index contributed by atoms with van der Waals surface area (Å²) < 4.78 is 40.3. The van der Waals surface area contributed by atoms with Crippen LogP contribution in [0.4, 0.5) is 18.9 Å². The summed E-state index contributed by atoms with van der Waals surface area (Å²) in [6.07, 6.45) is 1.77. The summed E-state index contributed by atoms with van der Waals surface area (Å²) in [6, 6.07) is 8.02. The minimum atomic E-state index is -4.52. The van der Waals surface area contributed by atoms with Crippen LogP contribution in [-0.2, 0) is 24.1 Å². The maximum Gasteiger partial charge on any atom is 0.435 e. The minimum Gasteiger partial charge on any atom is -0.333 e. The number of benzene rings is 1. The molecule has 0 atom stereocenters. The van der Waals surface area contributed by atoms with E-state index >= 15 is 0 Å². The lowest BCUT2D eigenvalue weighted by atomic mass is 10.2. The molecule has 3 rings (SSSR count).